The first-order chi connectivity index (χ1) is 6.68. The van der Waals surface area contributed by atoms with E-state index in [9.17, 15) is 0 Å². The zero-order valence-electron chi connectivity index (χ0n) is 10.1. The normalized spacial score (nSPS) is 9.50. The van der Waals surface area contributed by atoms with Crippen molar-refractivity contribution < 1.29 is 24.8 Å². The van der Waals surface area contributed by atoms with Gasteiger partial charge in [-0.25, -0.2) is 0 Å². The molecule has 0 unspecified atom stereocenters. The van der Waals surface area contributed by atoms with Gasteiger partial charge >= 0.3 is 0 Å². The van der Waals surface area contributed by atoms with Crippen molar-refractivity contribution in [2.45, 2.75) is 13.5 Å². The van der Waals surface area contributed by atoms with Gasteiger partial charge in [-0.3, -0.25) is 0 Å². The van der Waals surface area contributed by atoms with Crippen molar-refractivity contribution in [2.24, 2.45) is 0 Å². The number of benzene rings is 1. The van der Waals surface area contributed by atoms with E-state index in [4.69, 9.17) is 0 Å². The summed E-state index contributed by atoms with van der Waals surface area (Å²) in [6, 6.07) is 8.67. The van der Waals surface area contributed by atoms with E-state index in [1.165, 1.54) is 11.1 Å². The van der Waals surface area contributed by atoms with Gasteiger partial charge in [0.25, 0.3) is 0 Å². The van der Waals surface area contributed by atoms with Gasteiger partial charge < -0.3 is 35.0 Å². The number of halogens is 2. The van der Waals surface area contributed by atoms with Crippen molar-refractivity contribution in [3.63, 3.8) is 0 Å². The summed E-state index contributed by atoms with van der Waals surface area (Å²) < 4.78 is 0. The summed E-state index contributed by atoms with van der Waals surface area (Å²) in [6.07, 6.45) is 0. The van der Waals surface area contributed by atoms with E-state index in [0.717, 1.165) is 19.6 Å². The first kappa shape index (κ1) is 18.1. The number of nitrogens with zero attached hydrogens (tertiary/aromatic N) is 1. The van der Waals surface area contributed by atoms with Crippen molar-refractivity contribution in [2.75, 3.05) is 27.2 Å². The van der Waals surface area contributed by atoms with Crippen LogP contribution in [0, 0.1) is 6.92 Å². The molecular formula is C12H20Cl2N2-2. The van der Waals surface area contributed by atoms with Gasteiger partial charge in [-0.2, -0.15) is 0 Å². The molecule has 2 nitrogen and oxygen atoms in total. The number of aryl methyl sites for hydroxylation is 1. The number of hydrogen-bond acceptors (Lipinski definition) is 2. The Kier molecular flexibility index (Phi) is 11.2. The van der Waals surface area contributed by atoms with Crippen LogP contribution in [0.3, 0.4) is 0 Å². The van der Waals surface area contributed by atoms with Crippen molar-refractivity contribution in [1.82, 2.24) is 10.2 Å². The third-order valence-corrected chi connectivity index (χ3v) is 2.19. The lowest BCUT2D eigenvalue weighted by Gasteiger charge is -2.10. The molecule has 1 aromatic carbocycles. The molecule has 0 bridgehead atoms. The van der Waals surface area contributed by atoms with Gasteiger partial charge in [0.2, 0.25) is 0 Å². The van der Waals surface area contributed by atoms with Crippen LogP contribution in [0.4, 0.5) is 0 Å². The topological polar surface area (TPSA) is 15.3 Å². The van der Waals surface area contributed by atoms with Gasteiger partial charge in [0.05, 0.1) is 0 Å². The van der Waals surface area contributed by atoms with Crippen LogP contribution in [0.5, 0.6) is 0 Å². The van der Waals surface area contributed by atoms with E-state index < -0.39 is 0 Å². The van der Waals surface area contributed by atoms with E-state index in [-0.39, 0.29) is 24.8 Å². The molecule has 16 heavy (non-hydrogen) atoms. The van der Waals surface area contributed by atoms with Crippen LogP contribution in [-0.4, -0.2) is 32.1 Å². The van der Waals surface area contributed by atoms with E-state index >= 15 is 0 Å². The maximum Gasteiger partial charge on any atom is 0.0206 e. The van der Waals surface area contributed by atoms with Crippen molar-refractivity contribution in [3.05, 3.63) is 35.4 Å². The maximum absolute atomic E-state index is 3.41. The number of hydrogen-bond donors (Lipinski definition) is 1. The highest BCUT2D eigenvalue weighted by Crippen LogP contribution is 2.01. The molecule has 0 spiro atoms. The minimum Gasteiger partial charge on any atom is -1.00 e. The third kappa shape index (κ3) is 7.94. The van der Waals surface area contributed by atoms with E-state index in [1.54, 1.807) is 0 Å². The standard InChI is InChI=1S/C12H20N2.2ClH/c1-11-4-6-12(7-5-11)10-13-8-9-14(2)3;;/h4-7,13H,8-10H2,1-3H3;2*1H/p-2. The fourth-order valence-corrected chi connectivity index (χ4v) is 1.24. The molecule has 0 saturated heterocycles. The lowest BCUT2D eigenvalue weighted by Crippen LogP contribution is -3.00. The average molecular weight is 263 g/mol. The summed E-state index contributed by atoms with van der Waals surface area (Å²) >= 11 is 0. The smallest absolute Gasteiger partial charge is 0.0206 e. The van der Waals surface area contributed by atoms with Gasteiger partial charge in [-0.15, -0.1) is 0 Å². The van der Waals surface area contributed by atoms with Gasteiger partial charge in [-0.1, -0.05) is 29.8 Å². The molecule has 4 heteroatoms. The third-order valence-electron chi connectivity index (χ3n) is 2.19. The lowest BCUT2D eigenvalue weighted by molar-refractivity contribution is -0.001000. The highest BCUT2D eigenvalue weighted by atomic mass is 35.5. The molecule has 0 aliphatic carbocycles. The molecule has 1 N–H and O–H groups in total. The number of nitrogens with one attached hydrogen (secondary N) is 1. The quantitative estimate of drug-likeness (QED) is 0.540. The molecule has 0 saturated carbocycles. The summed E-state index contributed by atoms with van der Waals surface area (Å²) in [5.74, 6) is 0. The van der Waals surface area contributed by atoms with Gasteiger partial charge in [0.1, 0.15) is 0 Å². The van der Waals surface area contributed by atoms with Crippen molar-refractivity contribution in [1.29, 1.82) is 0 Å². The van der Waals surface area contributed by atoms with Crippen molar-refractivity contribution >= 4 is 0 Å². The summed E-state index contributed by atoms with van der Waals surface area (Å²) in [6.45, 7) is 5.21. The minimum atomic E-state index is 0. The van der Waals surface area contributed by atoms with Crippen LogP contribution in [-0.2, 0) is 6.54 Å². The lowest BCUT2D eigenvalue weighted by atomic mass is 10.1. The summed E-state index contributed by atoms with van der Waals surface area (Å²) in [5.41, 5.74) is 2.68. The average Bonchev–Trinajstić information content (AvgIpc) is 2.15. The van der Waals surface area contributed by atoms with Gasteiger partial charge in [-0.05, 0) is 26.6 Å². The molecule has 0 radical (unpaired) electrons. The van der Waals surface area contributed by atoms with Crippen LogP contribution in [0.15, 0.2) is 24.3 Å². The van der Waals surface area contributed by atoms with Gasteiger partial charge in [0, 0.05) is 19.6 Å². The Hall–Kier alpha value is -0.280. The second-order valence-electron chi connectivity index (χ2n) is 3.97. The molecule has 0 atom stereocenters. The Morgan fingerprint density at radius 1 is 1.06 bits per heavy atom. The SMILES string of the molecule is Cc1ccc(CNCCN(C)C)cc1.[Cl-].[Cl-]. The molecule has 0 aromatic heterocycles. The maximum atomic E-state index is 3.41. The fourth-order valence-electron chi connectivity index (χ4n) is 1.24. The predicted octanol–water partition coefficient (Wildman–Crippen LogP) is -4.35. The van der Waals surface area contributed by atoms with Crippen molar-refractivity contribution in [3.8, 4) is 0 Å². The predicted molar refractivity (Wildman–Crippen MR) is 61.4 cm³/mol. The van der Waals surface area contributed by atoms with Gasteiger partial charge in [0.15, 0.2) is 0 Å². The Labute approximate surface area is 111 Å². The van der Waals surface area contributed by atoms with Crippen LogP contribution >= 0.6 is 0 Å². The minimum absolute atomic E-state index is 0. The Morgan fingerprint density at radius 2 is 1.62 bits per heavy atom. The molecule has 1 rings (SSSR count). The number of likely N-dealkylation sites (N-methyl/N-ethyl adjacent to an activating group) is 1. The first-order valence-corrected chi connectivity index (χ1v) is 5.09. The number of rotatable bonds is 5. The zero-order valence-corrected chi connectivity index (χ0v) is 11.6. The molecule has 0 aliphatic rings. The molecule has 0 fully saturated rings. The van der Waals surface area contributed by atoms with Crippen LogP contribution < -0.4 is 30.1 Å². The van der Waals surface area contributed by atoms with E-state index in [0.29, 0.717) is 0 Å². The van der Waals surface area contributed by atoms with E-state index in [2.05, 4.69) is 55.5 Å². The Balaban J connectivity index is 0. The zero-order chi connectivity index (χ0) is 10.4. The molecule has 0 aliphatic heterocycles. The van der Waals surface area contributed by atoms with Crippen LogP contribution in [0.25, 0.3) is 0 Å². The van der Waals surface area contributed by atoms with Crippen LogP contribution in [0.1, 0.15) is 11.1 Å². The molecule has 0 amide bonds. The fraction of sp³-hybridized carbons (Fsp3) is 0.500. The monoisotopic (exact) mass is 262 g/mol. The Bertz CT molecular complexity index is 260. The highest BCUT2D eigenvalue weighted by Gasteiger charge is 1.92. The second kappa shape index (κ2) is 9.91. The summed E-state index contributed by atoms with van der Waals surface area (Å²) in [4.78, 5) is 2.18. The molecular weight excluding hydrogens is 243 g/mol. The van der Waals surface area contributed by atoms with Crippen LogP contribution in [0.2, 0.25) is 0 Å². The highest BCUT2D eigenvalue weighted by molar-refractivity contribution is 5.20. The Morgan fingerprint density at radius 3 is 2.12 bits per heavy atom. The summed E-state index contributed by atoms with van der Waals surface area (Å²) in [5, 5.41) is 3.41. The first-order valence-electron chi connectivity index (χ1n) is 5.09. The summed E-state index contributed by atoms with van der Waals surface area (Å²) in [7, 11) is 4.18. The molecule has 94 valence electrons. The molecule has 1 aromatic rings. The van der Waals surface area contributed by atoms with E-state index in [1.807, 2.05) is 0 Å². The second-order valence-corrected chi connectivity index (χ2v) is 3.97. The molecule has 0 heterocycles. The largest absolute Gasteiger partial charge is 1.00 e.